The zero-order valence-corrected chi connectivity index (χ0v) is 14.6. The van der Waals surface area contributed by atoms with Gasteiger partial charge in [0.2, 0.25) is 0 Å². The second-order valence-electron chi connectivity index (χ2n) is 6.22. The molecule has 1 atom stereocenters. The average molecular weight is 377 g/mol. The first-order valence-corrected chi connectivity index (χ1v) is 8.65. The normalized spacial score (nSPS) is 19.3. The number of carbonyl (C=O) groups is 2. The van der Waals surface area contributed by atoms with Gasteiger partial charge in [-0.2, -0.15) is 0 Å². The molecule has 3 amide bonds. The molecule has 4 rings (SSSR count). The lowest BCUT2D eigenvalue weighted by molar-refractivity contribution is 0.126. The topological polar surface area (TPSA) is 87.9 Å². The zero-order valence-electron chi connectivity index (χ0n) is 13.9. The van der Waals surface area contributed by atoms with E-state index in [2.05, 4.69) is 10.5 Å². The van der Waals surface area contributed by atoms with E-state index < -0.39 is 0 Å². The van der Waals surface area contributed by atoms with E-state index in [9.17, 15) is 9.59 Å². The predicted molar refractivity (Wildman–Crippen MR) is 92.6 cm³/mol. The molecule has 0 aliphatic carbocycles. The maximum atomic E-state index is 12.4. The van der Waals surface area contributed by atoms with Crippen molar-refractivity contribution in [1.82, 2.24) is 20.3 Å². The van der Waals surface area contributed by atoms with Gasteiger partial charge in [0.15, 0.2) is 5.76 Å². The van der Waals surface area contributed by atoms with E-state index in [0.717, 1.165) is 5.56 Å². The smallest absolute Gasteiger partial charge is 0.410 e. The van der Waals surface area contributed by atoms with Gasteiger partial charge < -0.3 is 19.5 Å². The molecule has 1 N–H and O–H groups in total. The Kier molecular flexibility index (Phi) is 4.42. The molecule has 1 aromatic carbocycles. The van der Waals surface area contributed by atoms with Crippen LogP contribution in [0, 0.1) is 0 Å². The van der Waals surface area contributed by atoms with Crippen molar-refractivity contribution in [2.45, 2.75) is 12.6 Å². The molecule has 2 fully saturated rings. The molecular weight excluding hydrogens is 360 g/mol. The number of hydrogen-bond acceptors (Lipinski definition) is 5. The summed E-state index contributed by atoms with van der Waals surface area (Å²) in [5.74, 6) is 0.548. The number of fused-ring (bicyclic) bond motifs is 1. The summed E-state index contributed by atoms with van der Waals surface area (Å²) < 4.78 is 10.3. The zero-order chi connectivity index (χ0) is 18.1. The molecule has 9 heteroatoms. The number of carbonyl (C=O) groups excluding carboxylic acids is 2. The largest absolute Gasteiger partial charge is 0.447 e. The van der Waals surface area contributed by atoms with E-state index in [1.54, 1.807) is 28.0 Å². The molecule has 1 aromatic heterocycles. The van der Waals surface area contributed by atoms with Crippen LogP contribution in [0.1, 0.15) is 5.76 Å². The minimum absolute atomic E-state index is 0.0679. The number of hydrogen-bond donors (Lipinski definition) is 1. The Hall–Kier alpha value is -2.74. The molecule has 3 heterocycles. The molecule has 0 bridgehead atoms. The Bertz CT molecular complexity index is 840. The molecule has 136 valence electrons. The third-order valence-electron chi connectivity index (χ3n) is 4.50. The number of benzene rings is 1. The molecule has 2 aliphatic heterocycles. The number of urea groups is 1. The second kappa shape index (κ2) is 6.87. The second-order valence-corrected chi connectivity index (χ2v) is 6.65. The fraction of sp³-hybridized carbons (Fsp3) is 0.353. The van der Waals surface area contributed by atoms with Crippen molar-refractivity contribution in [3.8, 4) is 11.3 Å². The highest BCUT2D eigenvalue weighted by Gasteiger charge is 2.38. The van der Waals surface area contributed by atoms with Crippen molar-refractivity contribution >= 4 is 23.7 Å². The fourth-order valence-electron chi connectivity index (χ4n) is 3.13. The molecular formula is C17H17ClN4O4. The third-order valence-corrected chi connectivity index (χ3v) is 4.73. The van der Waals surface area contributed by atoms with Gasteiger partial charge in [-0.15, -0.1) is 0 Å². The standard InChI is InChI=1S/C17H17ClN4O4/c18-12-3-1-2-11(6-12)15-7-14(26-20-15)8-19-16(23)21-4-5-22-13(9-21)10-25-17(22)24/h1-3,6-7,13H,4-5,8-10H2,(H,19,23)/t13-/m0/s1. The lowest BCUT2D eigenvalue weighted by Gasteiger charge is -2.35. The van der Waals surface area contributed by atoms with Gasteiger partial charge in [0.25, 0.3) is 0 Å². The number of halogens is 1. The number of nitrogens with one attached hydrogen (secondary N) is 1. The summed E-state index contributed by atoms with van der Waals surface area (Å²) >= 11 is 5.98. The van der Waals surface area contributed by atoms with Gasteiger partial charge in [-0.1, -0.05) is 28.9 Å². The highest BCUT2D eigenvalue weighted by Crippen LogP contribution is 2.22. The fourth-order valence-corrected chi connectivity index (χ4v) is 3.32. The van der Waals surface area contributed by atoms with E-state index in [-0.39, 0.29) is 24.7 Å². The first-order chi connectivity index (χ1) is 12.6. The SMILES string of the molecule is O=C(NCc1cc(-c2cccc(Cl)c2)no1)N1CCN2C(=O)OC[C@@H]2C1. The summed E-state index contributed by atoms with van der Waals surface area (Å²) in [6.45, 7) is 1.97. The Morgan fingerprint density at radius 2 is 2.23 bits per heavy atom. The monoisotopic (exact) mass is 376 g/mol. The third kappa shape index (κ3) is 3.32. The first-order valence-electron chi connectivity index (χ1n) is 8.28. The van der Waals surface area contributed by atoms with E-state index in [0.29, 0.717) is 42.7 Å². The Morgan fingerprint density at radius 1 is 1.35 bits per heavy atom. The average Bonchev–Trinajstić information content (AvgIpc) is 3.26. The van der Waals surface area contributed by atoms with Gasteiger partial charge in [-0.05, 0) is 12.1 Å². The summed E-state index contributed by atoms with van der Waals surface area (Å²) in [5.41, 5.74) is 1.51. The number of amides is 3. The van der Waals surface area contributed by atoms with Gasteiger partial charge in [0, 0.05) is 36.3 Å². The van der Waals surface area contributed by atoms with E-state index in [4.69, 9.17) is 20.9 Å². The van der Waals surface area contributed by atoms with Crippen LogP contribution in [-0.2, 0) is 11.3 Å². The molecule has 0 unspecified atom stereocenters. The van der Waals surface area contributed by atoms with Crippen LogP contribution in [0.4, 0.5) is 9.59 Å². The first kappa shape index (κ1) is 16.7. The van der Waals surface area contributed by atoms with Crippen LogP contribution in [-0.4, -0.2) is 59.4 Å². The van der Waals surface area contributed by atoms with Crippen LogP contribution < -0.4 is 5.32 Å². The number of nitrogens with zero attached hydrogens (tertiary/aromatic N) is 3. The van der Waals surface area contributed by atoms with E-state index in [1.165, 1.54) is 0 Å². The Morgan fingerprint density at radius 3 is 3.08 bits per heavy atom. The molecule has 26 heavy (non-hydrogen) atoms. The highest BCUT2D eigenvalue weighted by atomic mass is 35.5. The Balaban J connectivity index is 1.33. The van der Waals surface area contributed by atoms with Crippen LogP contribution in [0.25, 0.3) is 11.3 Å². The highest BCUT2D eigenvalue weighted by molar-refractivity contribution is 6.30. The van der Waals surface area contributed by atoms with E-state index in [1.807, 2.05) is 12.1 Å². The van der Waals surface area contributed by atoms with Gasteiger partial charge in [-0.3, -0.25) is 4.90 Å². The van der Waals surface area contributed by atoms with Gasteiger partial charge in [-0.25, -0.2) is 9.59 Å². The predicted octanol–water partition coefficient (Wildman–Crippen LogP) is 2.34. The molecule has 2 saturated heterocycles. The lowest BCUT2D eigenvalue weighted by atomic mass is 10.1. The number of ether oxygens (including phenoxy) is 1. The van der Waals surface area contributed by atoms with Crippen LogP contribution in [0.15, 0.2) is 34.9 Å². The van der Waals surface area contributed by atoms with Crippen molar-refractivity contribution in [2.24, 2.45) is 0 Å². The van der Waals surface area contributed by atoms with Crippen molar-refractivity contribution in [1.29, 1.82) is 0 Å². The summed E-state index contributed by atoms with van der Waals surface area (Å²) in [5, 5.41) is 7.45. The van der Waals surface area contributed by atoms with Crippen LogP contribution in [0.3, 0.4) is 0 Å². The van der Waals surface area contributed by atoms with Crippen molar-refractivity contribution in [2.75, 3.05) is 26.2 Å². The maximum absolute atomic E-state index is 12.4. The summed E-state index contributed by atoms with van der Waals surface area (Å²) in [6, 6.07) is 8.81. The maximum Gasteiger partial charge on any atom is 0.410 e. The number of cyclic esters (lactones) is 1. The summed E-state index contributed by atoms with van der Waals surface area (Å²) in [7, 11) is 0. The summed E-state index contributed by atoms with van der Waals surface area (Å²) in [6.07, 6.45) is -0.301. The van der Waals surface area contributed by atoms with Crippen molar-refractivity contribution < 1.29 is 18.8 Å². The van der Waals surface area contributed by atoms with Gasteiger partial charge in [0.05, 0.1) is 12.6 Å². The van der Waals surface area contributed by atoms with Crippen LogP contribution >= 0.6 is 11.6 Å². The quantitative estimate of drug-likeness (QED) is 0.888. The van der Waals surface area contributed by atoms with Crippen LogP contribution in [0.5, 0.6) is 0 Å². The van der Waals surface area contributed by atoms with Gasteiger partial charge in [0.1, 0.15) is 12.3 Å². The van der Waals surface area contributed by atoms with Crippen molar-refractivity contribution in [3.63, 3.8) is 0 Å². The molecule has 0 radical (unpaired) electrons. The molecule has 2 aromatic rings. The van der Waals surface area contributed by atoms with E-state index >= 15 is 0 Å². The minimum Gasteiger partial charge on any atom is -0.447 e. The molecule has 8 nitrogen and oxygen atoms in total. The Labute approximate surface area is 154 Å². The molecule has 0 spiro atoms. The molecule has 0 saturated carbocycles. The number of aromatic nitrogens is 1. The summed E-state index contributed by atoms with van der Waals surface area (Å²) in [4.78, 5) is 27.2. The minimum atomic E-state index is -0.301. The lowest BCUT2D eigenvalue weighted by Crippen LogP contribution is -2.55. The van der Waals surface area contributed by atoms with Crippen LogP contribution in [0.2, 0.25) is 5.02 Å². The number of rotatable bonds is 3. The molecule has 2 aliphatic rings. The number of piperazine rings is 1. The van der Waals surface area contributed by atoms with Crippen molar-refractivity contribution in [3.05, 3.63) is 41.1 Å². The van der Waals surface area contributed by atoms with Gasteiger partial charge >= 0.3 is 12.1 Å².